The molecule has 2 aliphatic rings. The van der Waals surface area contributed by atoms with Crippen molar-refractivity contribution in [1.82, 2.24) is 4.90 Å². The van der Waals surface area contributed by atoms with Crippen molar-refractivity contribution in [3.8, 4) is 0 Å². The van der Waals surface area contributed by atoms with E-state index in [2.05, 4.69) is 52.2 Å². The molecule has 21 heavy (non-hydrogen) atoms. The highest BCUT2D eigenvalue weighted by molar-refractivity contribution is 5.10. The lowest BCUT2D eigenvalue weighted by Gasteiger charge is -2.29. The minimum absolute atomic E-state index is 0.588. The van der Waals surface area contributed by atoms with E-state index in [9.17, 15) is 0 Å². The zero-order chi connectivity index (χ0) is 15.6. The molecular formula is C20H35N. The van der Waals surface area contributed by atoms with Crippen LogP contribution in [0.3, 0.4) is 0 Å². The summed E-state index contributed by atoms with van der Waals surface area (Å²) in [7, 11) is 0. The lowest BCUT2D eigenvalue weighted by Crippen LogP contribution is -2.30. The van der Waals surface area contributed by atoms with Gasteiger partial charge in [0.2, 0.25) is 0 Å². The van der Waals surface area contributed by atoms with Gasteiger partial charge in [0.25, 0.3) is 0 Å². The third kappa shape index (κ3) is 4.90. The van der Waals surface area contributed by atoms with Crippen LogP contribution in [0.25, 0.3) is 0 Å². The van der Waals surface area contributed by atoms with Crippen molar-refractivity contribution in [1.29, 1.82) is 0 Å². The molecule has 0 saturated heterocycles. The molecular weight excluding hydrogens is 254 g/mol. The molecule has 0 aromatic heterocycles. The maximum Gasteiger partial charge on any atom is 0.0208 e. The van der Waals surface area contributed by atoms with E-state index >= 15 is 0 Å². The molecule has 0 radical (unpaired) electrons. The Bertz CT molecular complexity index is 398. The predicted molar refractivity (Wildman–Crippen MR) is 93.2 cm³/mol. The highest BCUT2D eigenvalue weighted by Crippen LogP contribution is 2.56. The molecule has 2 aliphatic carbocycles. The van der Waals surface area contributed by atoms with Crippen molar-refractivity contribution in [3.05, 3.63) is 23.9 Å². The second kappa shape index (κ2) is 6.58. The van der Waals surface area contributed by atoms with Gasteiger partial charge in [0.05, 0.1) is 0 Å². The van der Waals surface area contributed by atoms with Crippen molar-refractivity contribution >= 4 is 0 Å². The summed E-state index contributed by atoms with van der Waals surface area (Å²) >= 11 is 0. The molecule has 120 valence electrons. The first-order chi connectivity index (χ1) is 9.82. The Morgan fingerprint density at radius 1 is 1.33 bits per heavy atom. The molecule has 0 N–H and O–H groups in total. The Kier molecular flexibility index (Phi) is 5.22. The van der Waals surface area contributed by atoms with Gasteiger partial charge >= 0.3 is 0 Å². The molecule has 2 saturated carbocycles. The topological polar surface area (TPSA) is 3.24 Å². The van der Waals surface area contributed by atoms with Crippen LogP contribution in [0.1, 0.15) is 66.7 Å². The van der Waals surface area contributed by atoms with E-state index in [0.29, 0.717) is 5.41 Å². The number of hydrogen-bond acceptors (Lipinski definition) is 1. The van der Waals surface area contributed by atoms with Crippen LogP contribution in [-0.2, 0) is 0 Å². The Labute approximate surface area is 132 Å². The van der Waals surface area contributed by atoms with Crippen LogP contribution in [-0.4, -0.2) is 18.0 Å². The minimum atomic E-state index is 0.588. The summed E-state index contributed by atoms with van der Waals surface area (Å²) < 4.78 is 0. The molecule has 2 unspecified atom stereocenters. The van der Waals surface area contributed by atoms with Gasteiger partial charge in [0.15, 0.2) is 0 Å². The minimum Gasteiger partial charge on any atom is -0.375 e. The largest absolute Gasteiger partial charge is 0.375 e. The number of rotatable bonds is 9. The van der Waals surface area contributed by atoms with Crippen molar-refractivity contribution in [2.75, 3.05) is 13.1 Å². The van der Waals surface area contributed by atoms with E-state index in [1.54, 1.807) is 0 Å². The highest BCUT2D eigenvalue weighted by atomic mass is 15.2. The number of allylic oxidation sites excluding steroid dienone is 3. The van der Waals surface area contributed by atoms with E-state index < -0.39 is 0 Å². The van der Waals surface area contributed by atoms with Crippen LogP contribution in [0.2, 0.25) is 0 Å². The highest BCUT2D eigenvalue weighted by Gasteiger charge is 2.49. The Morgan fingerprint density at radius 3 is 2.52 bits per heavy atom. The maximum atomic E-state index is 4.40. The Balaban J connectivity index is 1.83. The Morgan fingerprint density at radius 2 is 2.00 bits per heavy atom. The van der Waals surface area contributed by atoms with Gasteiger partial charge in [-0.3, -0.25) is 0 Å². The van der Waals surface area contributed by atoms with Gasteiger partial charge in [-0.15, -0.1) is 0 Å². The van der Waals surface area contributed by atoms with Crippen molar-refractivity contribution < 1.29 is 0 Å². The fraction of sp³-hybridized carbons (Fsp3) is 0.800. The van der Waals surface area contributed by atoms with Gasteiger partial charge in [-0.25, -0.2) is 0 Å². The van der Waals surface area contributed by atoms with E-state index in [-0.39, 0.29) is 0 Å². The molecule has 0 heterocycles. The summed E-state index contributed by atoms with van der Waals surface area (Å²) in [6.45, 7) is 18.4. The van der Waals surface area contributed by atoms with Crippen molar-refractivity contribution in [2.24, 2.45) is 23.2 Å². The van der Waals surface area contributed by atoms with Crippen molar-refractivity contribution in [3.63, 3.8) is 0 Å². The van der Waals surface area contributed by atoms with Crippen LogP contribution in [0.5, 0.6) is 0 Å². The summed E-state index contributed by atoms with van der Waals surface area (Å²) in [5.74, 6) is 2.42. The average molecular weight is 290 g/mol. The van der Waals surface area contributed by atoms with Gasteiger partial charge < -0.3 is 4.90 Å². The maximum absolute atomic E-state index is 4.40. The second-order valence-electron chi connectivity index (χ2n) is 8.44. The standard InChI is InChI=1S/C20H35N/c1-15(2)8-7-11-20(6)12-19(20)14-21(13-16(3)4)17(5)18-9-10-18/h8,16,18-19H,5,7,9-14H2,1-4,6H3. The van der Waals surface area contributed by atoms with E-state index in [4.69, 9.17) is 0 Å². The van der Waals surface area contributed by atoms with Crippen LogP contribution in [0, 0.1) is 23.2 Å². The van der Waals surface area contributed by atoms with Crippen LogP contribution >= 0.6 is 0 Å². The fourth-order valence-electron chi connectivity index (χ4n) is 3.48. The zero-order valence-corrected chi connectivity index (χ0v) is 14.9. The van der Waals surface area contributed by atoms with Gasteiger partial charge in [-0.05, 0) is 69.1 Å². The van der Waals surface area contributed by atoms with E-state index in [1.165, 1.54) is 56.5 Å². The third-order valence-electron chi connectivity index (χ3n) is 5.29. The summed E-state index contributed by atoms with van der Waals surface area (Å²) in [5, 5.41) is 0. The van der Waals surface area contributed by atoms with Gasteiger partial charge in [0.1, 0.15) is 0 Å². The smallest absolute Gasteiger partial charge is 0.0208 e. The van der Waals surface area contributed by atoms with Gasteiger partial charge in [-0.1, -0.05) is 39.0 Å². The van der Waals surface area contributed by atoms with Gasteiger partial charge in [-0.2, -0.15) is 0 Å². The van der Waals surface area contributed by atoms with Crippen LogP contribution in [0.15, 0.2) is 23.9 Å². The molecule has 2 fully saturated rings. The zero-order valence-electron chi connectivity index (χ0n) is 14.9. The van der Waals surface area contributed by atoms with E-state index in [1.807, 2.05) is 0 Å². The molecule has 1 heteroatoms. The first-order valence-corrected chi connectivity index (χ1v) is 8.89. The molecule has 2 atom stereocenters. The molecule has 1 nitrogen and oxygen atoms in total. The molecule has 0 aliphatic heterocycles. The first kappa shape index (κ1) is 16.6. The summed E-state index contributed by atoms with van der Waals surface area (Å²) in [6, 6.07) is 0. The van der Waals surface area contributed by atoms with Crippen LogP contribution in [0.4, 0.5) is 0 Å². The quantitative estimate of drug-likeness (QED) is 0.496. The molecule has 0 aromatic carbocycles. The lowest BCUT2D eigenvalue weighted by atomic mass is 9.98. The molecule has 2 rings (SSSR count). The third-order valence-corrected chi connectivity index (χ3v) is 5.29. The molecule has 0 amide bonds. The molecule has 0 spiro atoms. The predicted octanol–water partition coefficient (Wildman–Crippen LogP) is 5.64. The van der Waals surface area contributed by atoms with Gasteiger partial charge in [0, 0.05) is 18.8 Å². The van der Waals surface area contributed by atoms with E-state index in [0.717, 1.165) is 17.8 Å². The summed E-state index contributed by atoms with van der Waals surface area (Å²) in [6.07, 6.45) is 9.16. The SMILES string of the molecule is C=C(C1CC1)N(CC(C)C)CC1CC1(C)CCC=C(C)C. The Hall–Kier alpha value is -0.720. The van der Waals surface area contributed by atoms with Crippen molar-refractivity contribution in [2.45, 2.75) is 66.7 Å². The molecule has 0 bridgehead atoms. The fourth-order valence-corrected chi connectivity index (χ4v) is 3.48. The average Bonchev–Trinajstić information content (AvgIpc) is 3.25. The summed E-state index contributed by atoms with van der Waals surface area (Å²) in [4.78, 5) is 2.62. The molecule has 0 aromatic rings. The lowest BCUT2D eigenvalue weighted by molar-refractivity contribution is 0.263. The summed E-state index contributed by atoms with van der Waals surface area (Å²) in [5.41, 5.74) is 3.48. The first-order valence-electron chi connectivity index (χ1n) is 8.89. The normalized spacial score (nSPS) is 27.6. The second-order valence-corrected chi connectivity index (χ2v) is 8.44. The van der Waals surface area contributed by atoms with Crippen LogP contribution < -0.4 is 0 Å². The number of nitrogens with zero attached hydrogens (tertiary/aromatic N) is 1. The monoisotopic (exact) mass is 289 g/mol. The number of hydrogen-bond donors (Lipinski definition) is 0.